The van der Waals surface area contributed by atoms with Crippen LogP contribution >= 0.6 is 11.6 Å². The van der Waals surface area contributed by atoms with Gasteiger partial charge in [-0.3, -0.25) is 4.98 Å². The quantitative estimate of drug-likeness (QED) is 0.134. The Hall–Kier alpha value is -2.50. The van der Waals surface area contributed by atoms with Gasteiger partial charge in [0.05, 0.1) is 23.6 Å². The summed E-state index contributed by atoms with van der Waals surface area (Å²) < 4.78 is 34.1. The maximum Gasteiger partial charge on any atom is 1.00 e. The van der Waals surface area contributed by atoms with E-state index in [9.17, 15) is 8.78 Å². The van der Waals surface area contributed by atoms with E-state index in [1.807, 2.05) is 71.8 Å². The normalized spacial score (nSPS) is 12.1. The molecule has 2 aliphatic carbocycles. The number of nitrogens with one attached hydrogen (secondary N) is 1. The van der Waals surface area contributed by atoms with Crippen molar-refractivity contribution < 1.29 is 64.9 Å². The van der Waals surface area contributed by atoms with Gasteiger partial charge >= 0.3 is 71.6 Å². The molecule has 5 N–H and O–H groups in total. The van der Waals surface area contributed by atoms with Crippen molar-refractivity contribution in [2.24, 2.45) is 11.5 Å². The third kappa shape index (κ3) is 20.1. The van der Waals surface area contributed by atoms with Gasteiger partial charge in [0, 0.05) is 23.2 Å². The fourth-order valence-corrected chi connectivity index (χ4v) is 4.47. The Bertz CT molecular complexity index is 1610. The number of hydrogen-bond donors (Lipinski definition) is 3. The number of halogens is 3. The smallest absolute Gasteiger partial charge is 0.507 e. The molecule has 1 fully saturated rings. The molecule has 0 bridgehead atoms. The van der Waals surface area contributed by atoms with Gasteiger partial charge in [-0.15, -0.1) is 0 Å². The Morgan fingerprint density at radius 1 is 1.06 bits per heavy atom. The number of hydrogen-bond acceptors (Lipinski definition) is 5. The largest absolute Gasteiger partial charge is 1.00 e. The predicted octanol–water partition coefficient (Wildman–Crippen LogP) is 8.24. The van der Waals surface area contributed by atoms with Gasteiger partial charge in [0.1, 0.15) is 11.6 Å². The molecule has 284 valence electrons. The van der Waals surface area contributed by atoms with Crippen molar-refractivity contribution >= 4 is 30.7 Å². The van der Waals surface area contributed by atoms with Crippen LogP contribution in [0.4, 0.5) is 8.78 Å². The van der Waals surface area contributed by atoms with E-state index in [4.69, 9.17) is 33.3 Å². The van der Waals surface area contributed by atoms with Crippen LogP contribution in [0.2, 0.25) is 11.8 Å². The minimum Gasteiger partial charge on any atom is -0.507 e. The fourth-order valence-electron chi connectivity index (χ4n) is 4.31. The van der Waals surface area contributed by atoms with E-state index in [2.05, 4.69) is 44.8 Å². The number of nitrogens with two attached hydrogens (primary N) is 2. The van der Waals surface area contributed by atoms with Crippen molar-refractivity contribution in [3.63, 3.8) is 0 Å². The zero-order valence-electron chi connectivity index (χ0n) is 34.0. The number of nitrogens with zero attached hydrogens (tertiary/aromatic N) is 1. The van der Waals surface area contributed by atoms with Crippen LogP contribution in [0.1, 0.15) is 87.2 Å². The van der Waals surface area contributed by atoms with Crippen LogP contribution in [-0.2, 0) is 4.74 Å². The Kier molecular flexibility index (Phi) is 32.9. The van der Waals surface area contributed by atoms with Crippen molar-refractivity contribution in [1.29, 1.82) is 5.41 Å². The number of ether oxygens (including phenoxy) is 1. The minimum absolute atomic E-state index is 0. The van der Waals surface area contributed by atoms with Gasteiger partial charge in [0.25, 0.3) is 0 Å². The van der Waals surface area contributed by atoms with Crippen LogP contribution in [0.15, 0.2) is 84.3 Å². The average Bonchev–Trinajstić information content (AvgIpc) is 4.02. The molecule has 1 heterocycles. The maximum atomic E-state index is 14.9. The zero-order chi connectivity index (χ0) is 40.4. The van der Waals surface area contributed by atoms with E-state index in [-0.39, 0.29) is 73.6 Å². The first kappa shape index (κ1) is 54.8. The van der Waals surface area contributed by atoms with Gasteiger partial charge in [-0.05, 0) is 81.1 Å². The first-order chi connectivity index (χ1) is 24.8. The first-order valence-corrected chi connectivity index (χ1v) is 17.9. The van der Waals surface area contributed by atoms with Crippen LogP contribution in [0.5, 0.6) is 0 Å². The van der Waals surface area contributed by atoms with Crippen molar-refractivity contribution in [2.45, 2.75) is 86.9 Å². The third-order valence-corrected chi connectivity index (χ3v) is 7.08. The molecule has 1 unspecified atom stereocenters. The fraction of sp³-hybridized carbons (Fsp3) is 0.349. The van der Waals surface area contributed by atoms with Gasteiger partial charge in [0.2, 0.25) is 0 Å². The first-order valence-electron chi connectivity index (χ1n) is 17.5. The van der Waals surface area contributed by atoms with Crippen molar-refractivity contribution in [2.75, 3.05) is 14.2 Å². The summed E-state index contributed by atoms with van der Waals surface area (Å²) in [6, 6.07) is 12.2. The average molecular weight is 772 g/mol. The van der Waals surface area contributed by atoms with Crippen LogP contribution in [0.3, 0.4) is 0 Å². The van der Waals surface area contributed by atoms with Gasteiger partial charge in [-0.25, -0.2) is 28.2 Å². The molecule has 0 radical (unpaired) electrons. The molecule has 1 atom stereocenters. The van der Waals surface area contributed by atoms with E-state index in [0.717, 1.165) is 39.6 Å². The number of pyridine rings is 1. The maximum absolute atomic E-state index is 14.9. The Morgan fingerprint density at radius 3 is 2.00 bits per heavy atom. The molecular weight excluding hydrogens is 712 g/mol. The summed E-state index contributed by atoms with van der Waals surface area (Å²) in [6.07, 6.45) is 11.6. The van der Waals surface area contributed by atoms with Gasteiger partial charge in [0.15, 0.2) is 0 Å². The topological polar surface area (TPSA) is 98.0 Å². The molecule has 0 aliphatic heterocycles. The summed E-state index contributed by atoms with van der Waals surface area (Å²) in [5.41, 5.74) is 15.6. The number of methoxy groups -OCH3 is 1. The summed E-state index contributed by atoms with van der Waals surface area (Å²) >= 11 is 6.00. The second kappa shape index (κ2) is 31.8. The van der Waals surface area contributed by atoms with Crippen LogP contribution < -0.4 is 62.9 Å². The Labute approximate surface area is 368 Å². The SMILES string of the molecule is C=BC.C=CN.CC.CCC.CN.[CH-]1CC1.[CH-]=C1C=C(CC(c2ccc(C)cc2)c2cc(C)c(C)c(-c3cc(Cl)c(F)cc3F)n2)C=C(OC)C1=N.[K+]. The van der Waals surface area contributed by atoms with Gasteiger partial charge in [-0.2, -0.15) is 11.6 Å². The third-order valence-electron chi connectivity index (χ3n) is 6.79. The molecule has 0 spiro atoms. The summed E-state index contributed by atoms with van der Waals surface area (Å²) in [5.74, 6) is -1.35. The summed E-state index contributed by atoms with van der Waals surface area (Å²) in [5, 5.41) is 7.96. The molecule has 5 rings (SSSR count). The molecule has 2 aromatic carbocycles. The van der Waals surface area contributed by atoms with E-state index in [1.165, 1.54) is 45.7 Å². The van der Waals surface area contributed by atoms with E-state index >= 15 is 0 Å². The second-order valence-electron chi connectivity index (χ2n) is 11.2. The summed E-state index contributed by atoms with van der Waals surface area (Å²) in [6.45, 7) is 30.3. The van der Waals surface area contributed by atoms with Crippen LogP contribution in [0, 0.1) is 50.8 Å². The molecule has 5 nitrogen and oxygen atoms in total. The number of allylic oxidation sites excluding steroid dienone is 4. The van der Waals surface area contributed by atoms with Crippen molar-refractivity contribution in [1.82, 2.24) is 4.98 Å². The molecule has 0 saturated heterocycles. The Morgan fingerprint density at radius 2 is 1.55 bits per heavy atom. The monoisotopic (exact) mass is 771 g/mol. The molecule has 3 aromatic rings. The second-order valence-corrected chi connectivity index (χ2v) is 11.6. The molecule has 10 heteroatoms. The molecule has 1 saturated carbocycles. The van der Waals surface area contributed by atoms with Gasteiger partial charge in [-0.1, -0.05) is 87.7 Å². The molecular formula is C43H60BClF2KN4O-. The predicted molar refractivity (Wildman–Crippen MR) is 225 cm³/mol. The van der Waals surface area contributed by atoms with E-state index < -0.39 is 11.6 Å². The standard InChI is InChI=1S/C30H26ClF2N2O.C3H5.C3H8.C2H5B.C2H5N.C2H6.CH5N.K/c1-16-6-8-21(9-7-16)22(12-20-10-18(3)29(34)28(13-20)36-5)27-11-17(2)19(4)30(35-27)23-14-24(31)26(33)15-25(23)32;1-2-3-1;2*1-3-2;1-2-3;2*1-2;/h3,6-11,13-15,22,34H,12H2,1-2,4-5H3;1H,2-3H2;3H2,1-2H3;1H2,2H3;2H,1,3H2;1-2H3;2H2,1H3;/q2*-1;;;;;;+1. The van der Waals surface area contributed by atoms with E-state index in [0.29, 0.717) is 23.4 Å². The molecule has 0 amide bonds. The number of benzene rings is 2. The molecule has 1 aromatic heterocycles. The van der Waals surface area contributed by atoms with E-state index in [1.54, 1.807) is 19.1 Å². The Balaban J connectivity index is -0.00000126. The number of aryl methyl sites for hydroxylation is 2. The van der Waals surface area contributed by atoms with Gasteiger partial charge < -0.3 is 28.0 Å². The zero-order valence-corrected chi connectivity index (χ0v) is 37.8. The number of rotatable bonds is 6. The summed E-state index contributed by atoms with van der Waals surface area (Å²) in [4.78, 5) is 4.89. The minimum atomic E-state index is -0.814. The van der Waals surface area contributed by atoms with Crippen LogP contribution in [0.25, 0.3) is 11.3 Å². The molecule has 53 heavy (non-hydrogen) atoms. The number of aromatic nitrogens is 1. The molecule has 2 aliphatic rings. The summed E-state index contributed by atoms with van der Waals surface area (Å²) in [7, 11) is 3.01. The van der Waals surface area contributed by atoms with Crippen molar-refractivity contribution in [3.8, 4) is 11.3 Å². The van der Waals surface area contributed by atoms with Crippen molar-refractivity contribution in [3.05, 3.63) is 142 Å². The van der Waals surface area contributed by atoms with Crippen LogP contribution in [-0.4, -0.2) is 38.2 Å².